The molecule has 0 spiro atoms. The molecular weight excluding hydrogens is 354 g/mol. The van der Waals surface area contributed by atoms with Gasteiger partial charge in [0.25, 0.3) is 0 Å². The molecule has 2 aliphatic rings. The van der Waals surface area contributed by atoms with E-state index in [-0.39, 0.29) is 11.6 Å². The van der Waals surface area contributed by atoms with Gasteiger partial charge in [-0.25, -0.2) is 4.79 Å². The van der Waals surface area contributed by atoms with Crippen molar-refractivity contribution in [2.45, 2.75) is 43.7 Å². The third-order valence-corrected chi connectivity index (χ3v) is 6.75. The van der Waals surface area contributed by atoms with Gasteiger partial charge in [0.1, 0.15) is 5.03 Å². The van der Waals surface area contributed by atoms with E-state index < -0.39 is 0 Å². The number of thioether (sulfide) groups is 1. The Labute approximate surface area is 155 Å². The molecule has 132 valence electrons. The average Bonchev–Trinajstić information content (AvgIpc) is 3.37. The summed E-state index contributed by atoms with van der Waals surface area (Å²) in [5.41, 5.74) is 2.10. The van der Waals surface area contributed by atoms with Crippen LogP contribution in [0.4, 0.5) is 0 Å². The molecule has 1 saturated heterocycles. The van der Waals surface area contributed by atoms with Crippen molar-refractivity contribution >= 4 is 29.0 Å². The maximum absolute atomic E-state index is 12.6. The highest BCUT2D eigenvalue weighted by Gasteiger charge is 2.24. The number of likely N-dealkylation sites (tertiary alicyclic amines) is 1. The molecule has 0 saturated carbocycles. The van der Waals surface area contributed by atoms with Gasteiger partial charge in [0.05, 0.1) is 12.3 Å². The molecule has 4 rings (SSSR count). The number of carbonyl (C=O) groups excluding carboxylic acids is 1. The molecule has 3 heterocycles. The van der Waals surface area contributed by atoms with Crippen molar-refractivity contribution in [1.29, 1.82) is 0 Å². The van der Waals surface area contributed by atoms with Crippen LogP contribution >= 0.6 is 23.1 Å². The fourth-order valence-corrected chi connectivity index (χ4v) is 5.29. The van der Waals surface area contributed by atoms with Crippen LogP contribution in [0.3, 0.4) is 0 Å². The Morgan fingerprint density at radius 1 is 1.24 bits per heavy atom. The zero-order valence-electron chi connectivity index (χ0n) is 14.1. The SMILES string of the molecule is O=C(CSc1nc(=O)n(Cc2cccs2)c2c1CCC2)N1CCCC1. The van der Waals surface area contributed by atoms with Crippen molar-refractivity contribution in [3.8, 4) is 0 Å². The Kier molecular flexibility index (Phi) is 4.94. The van der Waals surface area contributed by atoms with Crippen molar-refractivity contribution in [2.24, 2.45) is 0 Å². The monoisotopic (exact) mass is 375 g/mol. The van der Waals surface area contributed by atoms with Crippen LogP contribution in [0.5, 0.6) is 0 Å². The molecule has 7 heteroatoms. The Balaban J connectivity index is 1.55. The van der Waals surface area contributed by atoms with Crippen LogP contribution < -0.4 is 5.69 Å². The maximum atomic E-state index is 12.6. The summed E-state index contributed by atoms with van der Waals surface area (Å²) in [4.78, 5) is 32.3. The van der Waals surface area contributed by atoms with Crippen LogP contribution in [0.2, 0.25) is 0 Å². The van der Waals surface area contributed by atoms with Crippen molar-refractivity contribution in [3.63, 3.8) is 0 Å². The summed E-state index contributed by atoms with van der Waals surface area (Å²) in [7, 11) is 0. The summed E-state index contributed by atoms with van der Waals surface area (Å²) >= 11 is 3.10. The highest BCUT2D eigenvalue weighted by Crippen LogP contribution is 2.30. The lowest BCUT2D eigenvalue weighted by molar-refractivity contribution is -0.127. The van der Waals surface area contributed by atoms with E-state index in [0.29, 0.717) is 12.3 Å². The molecule has 1 aliphatic heterocycles. The van der Waals surface area contributed by atoms with Crippen LogP contribution in [-0.4, -0.2) is 39.2 Å². The summed E-state index contributed by atoms with van der Waals surface area (Å²) < 4.78 is 1.82. The maximum Gasteiger partial charge on any atom is 0.349 e. The van der Waals surface area contributed by atoms with Crippen LogP contribution in [0, 0.1) is 0 Å². The van der Waals surface area contributed by atoms with Crippen LogP contribution in [0.15, 0.2) is 27.3 Å². The molecule has 0 radical (unpaired) electrons. The zero-order chi connectivity index (χ0) is 17.2. The lowest BCUT2D eigenvalue weighted by Gasteiger charge is -2.16. The number of amides is 1. The normalized spacial score (nSPS) is 16.4. The predicted octanol–water partition coefficient (Wildman–Crippen LogP) is 2.56. The minimum Gasteiger partial charge on any atom is -0.342 e. The molecule has 2 aromatic heterocycles. The van der Waals surface area contributed by atoms with E-state index in [4.69, 9.17) is 0 Å². The third-order valence-electron chi connectivity index (χ3n) is 4.89. The number of hydrogen-bond acceptors (Lipinski definition) is 5. The Hall–Kier alpha value is -1.60. The molecule has 1 amide bonds. The van der Waals surface area contributed by atoms with Gasteiger partial charge >= 0.3 is 5.69 Å². The summed E-state index contributed by atoms with van der Waals surface area (Å²) in [5, 5.41) is 2.80. The van der Waals surface area contributed by atoms with Gasteiger partial charge in [-0.3, -0.25) is 9.36 Å². The number of aromatic nitrogens is 2. The van der Waals surface area contributed by atoms with Gasteiger partial charge in [0, 0.05) is 29.2 Å². The van der Waals surface area contributed by atoms with Gasteiger partial charge in [-0.15, -0.1) is 11.3 Å². The van der Waals surface area contributed by atoms with E-state index in [1.54, 1.807) is 11.3 Å². The molecule has 2 aromatic rings. The van der Waals surface area contributed by atoms with Gasteiger partial charge in [-0.2, -0.15) is 4.98 Å². The highest BCUT2D eigenvalue weighted by atomic mass is 32.2. The summed E-state index contributed by atoms with van der Waals surface area (Å²) in [6.07, 6.45) is 5.13. The van der Waals surface area contributed by atoms with E-state index in [9.17, 15) is 9.59 Å². The van der Waals surface area contributed by atoms with E-state index >= 15 is 0 Å². The van der Waals surface area contributed by atoms with E-state index in [1.165, 1.54) is 22.2 Å². The Morgan fingerprint density at radius 3 is 2.84 bits per heavy atom. The fourth-order valence-electron chi connectivity index (χ4n) is 3.61. The Morgan fingerprint density at radius 2 is 2.08 bits per heavy atom. The number of carbonyl (C=O) groups is 1. The minimum atomic E-state index is -0.190. The van der Waals surface area contributed by atoms with Gasteiger partial charge in [-0.05, 0) is 43.6 Å². The largest absolute Gasteiger partial charge is 0.349 e. The highest BCUT2D eigenvalue weighted by molar-refractivity contribution is 7.99. The quantitative estimate of drug-likeness (QED) is 0.595. The van der Waals surface area contributed by atoms with Gasteiger partial charge in [0.2, 0.25) is 5.91 Å². The summed E-state index contributed by atoms with van der Waals surface area (Å²) in [6, 6.07) is 4.06. The molecule has 0 bridgehead atoms. The van der Waals surface area contributed by atoms with Gasteiger partial charge in [0.15, 0.2) is 0 Å². The number of hydrogen-bond donors (Lipinski definition) is 0. The average molecular weight is 376 g/mol. The second-order valence-electron chi connectivity index (χ2n) is 6.52. The first-order valence-electron chi connectivity index (χ1n) is 8.78. The van der Waals surface area contributed by atoms with Crippen LogP contribution in [0.1, 0.15) is 35.4 Å². The molecule has 0 N–H and O–H groups in total. The first kappa shape index (κ1) is 16.8. The van der Waals surface area contributed by atoms with Gasteiger partial charge in [-0.1, -0.05) is 17.8 Å². The smallest absolute Gasteiger partial charge is 0.342 e. The molecular formula is C18H21N3O2S2. The second-order valence-corrected chi connectivity index (χ2v) is 8.52. The molecule has 1 fully saturated rings. The summed E-state index contributed by atoms with van der Waals surface area (Å²) in [5.74, 6) is 0.548. The van der Waals surface area contributed by atoms with E-state index in [2.05, 4.69) is 11.1 Å². The minimum absolute atomic E-state index is 0.166. The number of rotatable bonds is 5. The lowest BCUT2D eigenvalue weighted by atomic mass is 10.2. The number of nitrogens with zero attached hydrogens (tertiary/aromatic N) is 3. The first-order chi connectivity index (χ1) is 12.2. The first-order valence-corrected chi connectivity index (χ1v) is 10.6. The predicted molar refractivity (Wildman–Crippen MR) is 100 cm³/mol. The molecule has 0 unspecified atom stereocenters. The van der Waals surface area contributed by atoms with E-state index in [1.807, 2.05) is 20.9 Å². The van der Waals surface area contributed by atoms with Crippen LogP contribution in [-0.2, 0) is 24.2 Å². The van der Waals surface area contributed by atoms with E-state index in [0.717, 1.165) is 55.9 Å². The van der Waals surface area contributed by atoms with Gasteiger partial charge < -0.3 is 4.90 Å². The molecule has 0 aromatic carbocycles. The van der Waals surface area contributed by atoms with Crippen molar-refractivity contribution in [2.75, 3.05) is 18.8 Å². The van der Waals surface area contributed by atoms with Crippen molar-refractivity contribution in [3.05, 3.63) is 44.1 Å². The fraction of sp³-hybridized carbons (Fsp3) is 0.500. The molecule has 0 atom stereocenters. The second kappa shape index (κ2) is 7.33. The Bertz CT molecular complexity index is 824. The van der Waals surface area contributed by atoms with Crippen molar-refractivity contribution < 1.29 is 4.79 Å². The lowest BCUT2D eigenvalue weighted by Crippen LogP contribution is -2.30. The molecule has 25 heavy (non-hydrogen) atoms. The number of thiophene rings is 1. The molecule has 5 nitrogen and oxygen atoms in total. The topological polar surface area (TPSA) is 55.2 Å². The van der Waals surface area contributed by atoms with Crippen LogP contribution in [0.25, 0.3) is 0 Å². The third kappa shape index (κ3) is 3.53. The van der Waals surface area contributed by atoms with Crippen molar-refractivity contribution in [1.82, 2.24) is 14.5 Å². The summed E-state index contributed by atoms with van der Waals surface area (Å²) in [6.45, 7) is 2.34. The molecule has 1 aliphatic carbocycles. The zero-order valence-corrected chi connectivity index (χ0v) is 15.7. The standard InChI is InChI=1S/C18H21N3O2S2/c22-16(20-8-1-2-9-20)12-25-17-14-6-3-7-15(14)21(18(23)19-17)11-13-5-4-10-24-13/h4-5,10H,1-3,6-9,11-12H2. The number of fused-ring (bicyclic) bond motifs is 1.